The predicted molar refractivity (Wildman–Crippen MR) is 70.0 cm³/mol. The fourth-order valence-corrected chi connectivity index (χ4v) is 2.54. The Morgan fingerprint density at radius 1 is 1.55 bits per heavy atom. The number of carboxylic acid groups (broad SMARTS) is 1. The van der Waals surface area contributed by atoms with Crippen LogP contribution in [0.25, 0.3) is 0 Å². The molecular weight excluding hydrogens is 262 g/mol. The molecule has 0 bridgehead atoms. The van der Waals surface area contributed by atoms with Crippen LogP contribution in [0.15, 0.2) is 12.3 Å². The van der Waals surface area contributed by atoms with E-state index in [4.69, 9.17) is 4.74 Å². The Bertz CT molecular complexity index is 498. The maximum atomic E-state index is 11.9. The summed E-state index contributed by atoms with van der Waals surface area (Å²) in [6.07, 6.45) is 1.44. The third-order valence-corrected chi connectivity index (χ3v) is 3.40. The molecule has 0 aliphatic carbocycles. The van der Waals surface area contributed by atoms with E-state index in [-0.39, 0.29) is 12.5 Å². The number of hydrogen-bond donors (Lipinski definition) is 1. The Labute approximate surface area is 117 Å². The van der Waals surface area contributed by atoms with Crippen molar-refractivity contribution < 1.29 is 19.4 Å². The van der Waals surface area contributed by atoms with Gasteiger partial charge in [0.25, 0.3) is 0 Å². The van der Waals surface area contributed by atoms with Crippen LogP contribution in [0.4, 0.5) is 0 Å². The van der Waals surface area contributed by atoms with Gasteiger partial charge < -0.3 is 14.7 Å². The molecule has 1 fully saturated rings. The fraction of sp³-hybridized carbons (Fsp3) is 0.615. The van der Waals surface area contributed by atoms with Gasteiger partial charge in [-0.15, -0.1) is 0 Å². The van der Waals surface area contributed by atoms with E-state index in [1.165, 1.54) is 0 Å². The Kier molecular flexibility index (Phi) is 4.39. The van der Waals surface area contributed by atoms with Gasteiger partial charge in [-0.2, -0.15) is 5.10 Å². The molecule has 0 radical (unpaired) electrons. The summed E-state index contributed by atoms with van der Waals surface area (Å²) in [5.74, 6) is -1.26. The average Bonchev–Trinajstić information content (AvgIpc) is 2.86. The van der Waals surface area contributed by atoms with Crippen LogP contribution in [0.2, 0.25) is 0 Å². The van der Waals surface area contributed by atoms with E-state index in [0.717, 1.165) is 6.42 Å². The molecule has 7 heteroatoms. The topological polar surface area (TPSA) is 84.7 Å². The highest BCUT2D eigenvalue weighted by Crippen LogP contribution is 2.30. The number of aryl methyl sites for hydroxylation is 1. The fourth-order valence-electron chi connectivity index (χ4n) is 2.54. The van der Waals surface area contributed by atoms with Crippen LogP contribution in [0, 0.1) is 0 Å². The van der Waals surface area contributed by atoms with Crippen LogP contribution in [0.3, 0.4) is 0 Å². The van der Waals surface area contributed by atoms with Crippen molar-refractivity contribution in [2.24, 2.45) is 0 Å². The van der Waals surface area contributed by atoms with Gasteiger partial charge in [-0.1, -0.05) is 6.92 Å². The van der Waals surface area contributed by atoms with E-state index in [2.05, 4.69) is 5.10 Å². The molecule has 1 N–H and O–H groups in total. The number of carbonyl (C=O) groups is 2. The first-order valence-electron chi connectivity index (χ1n) is 6.75. The molecule has 7 nitrogen and oxygen atoms in total. The first-order chi connectivity index (χ1) is 9.60. The van der Waals surface area contributed by atoms with Gasteiger partial charge in [0.1, 0.15) is 12.6 Å². The quantitative estimate of drug-likeness (QED) is 0.857. The van der Waals surface area contributed by atoms with Crippen molar-refractivity contribution in [2.45, 2.75) is 39.0 Å². The number of carboxylic acids is 1. The number of amides is 1. The van der Waals surface area contributed by atoms with Crippen LogP contribution in [-0.4, -0.2) is 50.9 Å². The highest BCUT2D eigenvalue weighted by Gasteiger charge is 2.42. The van der Waals surface area contributed by atoms with Crippen LogP contribution in [0.1, 0.15) is 32.0 Å². The lowest BCUT2D eigenvalue weighted by Crippen LogP contribution is -2.52. The van der Waals surface area contributed by atoms with E-state index in [1.54, 1.807) is 21.8 Å². The van der Waals surface area contributed by atoms with Gasteiger partial charge >= 0.3 is 5.97 Å². The van der Waals surface area contributed by atoms with Gasteiger partial charge in [0.15, 0.2) is 6.10 Å². The lowest BCUT2D eigenvalue weighted by Gasteiger charge is -2.38. The number of morpholine rings is 1. The minimum absolute atomic E-state index is 0.191. The molecular formula is C13H19N3O4. The van der Waals surface area contributed by atoms with Crippen molar-refractivity contribution in [3.05, 3.63) is 18.0 Å². The first kappa shape index (κ1) is 14.5. The number of nitrogens with zero attached hydrogens (tertiary/aromatic N) is 3. The second-order valence-electron chi connectivity index (χ2n) is 4.67. The van der Waals surface area contributed by atoms with Crippen LogP contribution in [0.5, 0.6) is 0 Å². The standard InChI is InChI=1S/C13H19N3O4/c1-3-7-16-9(5-6-14-16)11-12(13(18)19)20-8-10(17)15(11)4-2/h5-6,11-12H,3-4,7-8H2,1-2H3,(H,18,19). The molecule has 0 saturated carbocycles. The molecule has 110 valence electrons. The molecule has 2 unspecified atom stereocenters. The molecule has 1 aromatic rings. The maximum absolute atomic E-state index is 11.9. The number of aliphatic carboxylic acids is 1. The van der Waals surface area contributed by atoms with Crippen molar-refractivity contribution in [1.29, 1.82) is 0 Å². The number of rotatable bonds is 5. The largest absolute Gasteiger partial charge is 0.479 e. The third-order valence-electron chi connectivity index (χ3n) is 3.40. The van der Waals surface area contributed by atoms with Crippen molar-refractivity contribution in [1.82, 2.24) is 14.7 Å². The second-order valence-corrected chi connectivity index (χ2v) is 4.67. The number of likely N-dealkylation sites (N-methyl/N-ethyl adjacent to an activating group) is 1. The molecule has 1 aliphatic heterocycles. The van der Waals surface area contributed by atoms with Crippen molar-refractivity contribution in [2.75, 3.05) is 13.2 Å². The number of hydrogen-bond acceptors (Lipinski definition) is 4. The summed E-state index contributed by atoms with van der Waals surface area (Å²) < 4.78 is 6.96. The molecule has 1 aliphatic rings. The summed E-state index contributed by atoms with van der Waals surface area (Å²) in [5, 5.41) is 13.5. The zero-order valence-corrected chi connectivity index (χ0v) is 11.7. The van der Waals surface area contributed by atoms with Gasteiger partial charge in [-0.25, -0.2) is 4.79 Å². The summed E-state index contributed by atoms with van der Waals surface area (Å²) in [6.45, 7) is 4.77. The molecule has 0 aromatic carbocycles. The summed E-state index contributed by atoms with van der Waals surface area (Å²) in [7, 11) is 0. The van der Waals surface area contributed by atoms with E-state index in [0.29, 0.717) is 18.8 Å². The zero-order valence-electron chi connectivity index (χ0n) is 11.7. The Morgan fingerprint density at radius 2 is 2.30 bits per heavy atom. The van der Waals surface area contributed by atoms with Crippen molar-refractivity contribution in [3.8, 4) is 0 Å². The molecule has 1 aromatic heterocycles. The maximum Gasteiger partial charge on any atom is 0.335 e. The summed E-state index contributed by atoms with van der Waals surface area (Å²) in [5.41, 5.74) is 0.703. The number of aromatic nitrogens is 2. The highest BCUT2D eigenvalue weighted by atomic mass is 16.5. The Morgan fingerprint density at radius 3 is 2.90 bits per heavy atom. The molecule has 2 heterocycles. The van der Waals surface area contributed by atoms with E-state index >= 15 is 0 Å². The SMILES string of the molecule is CCCn1nccc1C1C(C(=O)O)OCC(=O)N1CC. The van der Waals surface area contributed by atoms with E-state index in [1.807, 2.05) is 13.8 Å². The normalized spacial score (nSPS) is 23.1. The van der Waals surface area contributed by atoms with Gasteiger partial charge in [-0.3, -0.25) is 9.48 Å². The minimum atomic E-state index is -1.06. The van der Waals surface area contributed by atoms with Crippen LogP contribution in [-0.2, 0) is 20.9 Å². The molecule has 1 amide bonds. The predicted octanol–water partition coefficient (Wildman–Crippen LogP) is 0.666. The van der Waals surface area contributed by atoms with E-state index in [9.17, 15) is 14.7 Å². The third kappa shape index (κ3) is 2.53. The van der Waals surface area contributed by atoms with E-state index < -0.39 is 18.1 Å². The average molecular weight is 281 g/mol. The number of carbonyl (C=O) groups excluding carboxylic acids is 1. The molecule has 1 saturated heterocycles. The smallest absolute Gasteiger partial charge is 0.335 e. The van der Waals surface area contributed by atoms with Crippen molar-refractivity contribution >= 4 is 11.9 Å². The summed E-state index contributed by atoms with van der Waals surface area (Å²) in [6, 6.07) is 1.12. The first-order valence-corrected chi connectivity index (χ1v) is 6.75. The van der Waals surface area contributed by atoms with Crippen molar-refractivity contribution in [3.63, 3.8) is 0 Å². The second kappa shape index (κ2) is 6.04. The number of ether oxygens (including phenoxy) is 1. The van der Waals surface area contributed by atoms with Gasteiger partial charge in [0, 0.05) is 19.3 Å². The van der Waals surface area contributed by atoms with Gasteiger partial charge in [-0.05, 0) is 19.4 Å². The molecule has 20 heavy (non-hydrogen) atoms. The Hall–Kier alpha value is -1.89. The monoisotopic (exact) mass is 281 g/mol. The zero-order chi connectivity index (χ0) is 14.7. The summed E-state index contributed by atoms with van der Waals surface area (Å²) in [4.78, 5) is 24.9. The van der Waals surface area contributed by atoms with Gasteiger partial charge in [0.05, 0.1) is 5.69 Å². The lowest BCUT2D eigenvalue weighted by atomic mass is 10.0. The Balaban J connectivity index is 2.41. The highest BCUT2D eigenvalue weighted by molar-refractivity contribution is 5.82. The van der Waals surface area contributed by atoms with Gasteiger partial charge in [0.2, 0.25) is 5.91 Å². The lowest BCUT2D eigenvalue weighted by molar-refractivity contribution is -0.173. The molecule has 2 rings (SSSR count). The minimum Gasteiger partial charge on any atom is -0.479 e. The van der Waals surface area contributed by atoms with Crippen LogP contribution >= 0.6 is 0 Å². The summed E-state index contributed by atoms with van der Waals surface area (Å²) >= 11 is 0. The van der Waals surface area contributed by atoms with Crippen LogP contribution < -0.4 is 0 Å². The molecule has 0 spiro atoms. The molecule has 2 atom stereocenters.